The smallest absolute Gasteiger partial charge is 0.320 e. The van der Waals surface area contributed by atoms with Gasteiger partial charge in [0.15, 0.2) is 0 Å². The number of nitrogens with two attached hydrogens (primary N) is 1. The lowest BCUT2D eigenvalue weighted by Gasteiger charge is -2.07. The monoisotopic (exact) mass is 312 g/mol. The van der Waals surface area contributed by atoms with Crippen molar-refractivity contribution < 1.29 is 14.7 Å². The van der Waals surface area contributed by atoms with Crippen LogP contribution in [-0.2, 0) is 9.59 Å². The standard InChI is InChI=1S/C17H32N2O3/c1-2-3-4-5-6-7-8-9-13-16(20)19-14-11-10-12-15(18)17(21)22/h4-5,15H,2-3,6-14,18H2,1H3,(H,19,20)(H,21,22)/b5-4+/t15-/m0/s1. The summed E-state index contributed by atoms with van der Waals surface area (Å²) < 4.78 is 0. The molecule has 128 valence electrons. The number of hydrogen-bond acceptors (Lipinski definition) is 3. The molecule has 1 atom stereocenters. The molecule has 0 aromatic rings. The number of unbranched alkanes of at least 4 members (excludes halogenated alkanes) is 5. The van der Waals surface area contributed by atoms with E-state index in [9.17, 15) is 9.59 Å². The van der Waals surface area contributed by atoms with Gasteiger partial charge in [-0.05, 0) is 44.9 Å². The molecule has 0 spiro atoms. The van der Waals surface area contributed by atoms with Gasteiger partial charge in [0, 0.05) is 13.0 Å². The fourth-order valence-corrected chi connectivity index (χ4v) is 2.06. The van der Waals surface area contributed by atoms with Crippen molar-refractivity contribution >= 4 is 11.9 Å². The highest BCUT2D eigenvalue weighted by atomic mass is 16.4. The Balaban J connectivity index is 3.35. The molecule has 0 aromatic heterocycles. The molecule has 0 radical (unpaired) electrons. The lowest BCUT2D eigenvalue weighted by molar-refractivity contribution is -0.138. The number of carboxylic acid groups (broad SMARTS) is 1. The van der Waals surface area contributed by atoms with Gasteiger partial charge in [0.05, 0.1) is 0 Å². The van der Waals surface area contributed by atoms with Crippen molar-refractivity contribution in [3.8, 4) is 0 Å². The van der Waals surface area contributed by atoms with Crippen molar-refractivity contribution in [2.24, 2.45) is 5.73 Å². The average Bonchev–Trinajstić information content (AvgIpc) is 2.49. The predicted molar refractivity (Wildman–Crippen MR) is 89.6 cm³/mol. The van der Waals surface area contributed by atoms with Crippen molar-refractivity contribution in [2.45, 2.75) is 77.2 Å². The minimum Gasteiger partial charge on any atom is -0.480 e. The molecule has 0 aromatic carbocycles. The molecule has 22 heavy (non-hydrogen) atoms. The number of carboxylic acids is 1. The summed E-state index contributed by atoms with van der Waals surface area (Å²) >= 11 is 0. The van der Waals surface area contributed by atoms with E-state index >= 15 is 0 Å². The van der Waals surface area contributed by atoms with E-state index in [-0.39, 0.29) is 5.91 Å². The number of nitrogens with one attached hydrogen (secondary N) is 1. The van der Waals surface area contributed by atoms with Gasteiger partial charge in [0.1, 0.15) is 6.04 Å². The summed E-state index contributed by atoms with van der Waals surface area (Å²) in [6.45, 7) is 2.77. The molecule has 0 rings (SSSR count). The van der Waals surface area contributed by atoms with Gasteiger partial charge in [-0.3, -0.25) is 9.59 Å². The van der Waals surface area contributed by atoms with Crippen LogP contribution >= 0.6 is 0 Å². The normalized spacial score (nSPS) is 12.5. The van der Waals surface area contributed by atoms with E-state index in [2.05, 4.69) is 24.4 Å². The Morgan fingerprint density at radius 2 is 1.82 bits per heavy atom. The summed E-state index contributed by atoms with van der Waals surface area (Å²) in [5, 5.41) is 11.5. The minimum absolute atomic E-state index is 0.0871. The van der Waals surface area contributed by atoms with Gasteiger partial charge in [-0.1, -0.05) is 31.9 Å². The molecule has 4 N–H and O–H groups in total. The van der Waals surface area contributed by atoms with Gasteiger partial charge in [0.25, 0.3) is 0 Å². The van der Waals surface area contributed by atoms with Crippen LogP contribution in [0.15, 0.2) is 12.2 Å². The Morgan fingerprint density at radius 1 is 1.09 bits per heavy atom. The molecule has 0 bridgehead atoms. The van der Waals surface area contributed by atoms with E-state index in [0.29, 0.717) is 19.4 Å². The first-order chi connectivity index (χ1) is 10.6. The molecular formula is C17H32N2O3. The summed E-state index contributed by atoms with van der Waals surface area (Å²) in [5.41, 5.74) is 5.40. The van der Waals surface area contributed by atoms with Crippen LogP contribution in [0.25, 0.3) is 0 Å². The van der Waals surface area contributed by atoms with Crippen LogP contribution < -0.4 is 11.1 Å². The quantitative estimate of drug-likeness (QED) is 0.339. The summed E-state index contributed by atoms with van der Waals surface area (Å²) in [7, 11) is 0. The van der Waals surface area contributed by atoms with Crippen LogP contribution in [0, 0.1) is 0 Å². The van der Waals surface area contributed by atoms with E-state index in [1.54, 1.807) is 0 Å². The number of allylic oxidation sites excluding steroid dienone is 2. The molecule has 0 unspecified atom stereocenters. The average molecular weight is 312 g/mol. The van der Waals surface area contributed by atoms with Crippen molar-refractivity contribution in [1.29, 1.82) is 0 Å². The van der Waals surface area contributed by atoms with Gasteiger partial charge in [-0.2, -0.15) is 0 Å². The van der Waals surface area contributed by atoms with E-state index in [1.807, 2.05) is 0 Å². The van der Waals surface area contributed by atoms with Crippen LogP contribution in [0.4, 0.5) is 0 Å². The zero-order valence-corrected chi connectivity index (χ0v) is 13.9. The maximum Gasteiger partial charge on any atom is 0.320 e. The molecule has 0 saturated carbocycles. The van der Waals surface area contributed by atoms with E-state index in [0.717, 1.165) is 44.9 Å². The second-order valence-electron chi connectivity index (χ2n) is 5.65. The Kier molecular flexibility index (Phi) is 13.7. The van der Waals surface area contributed by atoms with E-state index < -0.39 is 12.0 Å². The van der Waals surface area contributed by atoms with Crippen molar-refractivity contribution in [1.82, 2.24) is 5.32 Å². The second-order valence-corrected chi connectivity index (χ2v) is 5.65. The summed E-state index contributed by atoms with van der Waals surface area (Å²) in [4.78, 5) is 22.1. The first-order valence-corrected chi connectivity index (χ1v) is 8.48. The number of rotatable bonds is 14. The molecule has 0 aliphatic heterocycles. The van der Waals surface area contributed by atoms with E-state index in [4.69, 9.17) is 10.8 Å². The van der Waals surface area contributed by atoms with Crippen molar-refractivity contribution in [3.05, 3.63) is 12.2 Å². The van der Waals surface area contributed by atoms with Crippen LogP contribution in [0.5, 0.6) is 0 Å². The van der Waals surface area contributed by atoms with Crippen LogP contribution in [0.1, 0.15) is 71.1 Å². The molecule has 1 amide bonds. The van der Waals surface area contributed by atoms with E-state index in [1.165, 1.54) is 6.42 Å². The SMILES string of the molecule is CCC/C=C/CCCCCC(=O)NCCCC[C@H](N)C(=O)O. The second kappa shape index (κ2) is 14.6. The molecule has 5 heteroatoms. The first kappa shape index (κ1) is 20.6. The molecule has 0 aliphatic carbocycles. The Bertz CT molecular complexity index is 330. The van der Waals surface area contributed by atoms with Gasteiger partial charge >= 0.3 is 5.97 Å². The topological polar surface area (TPSA) is 92.4 Å². The van der Waals surface area contributed by atoms with Gasteiger partial charge in [0.2, 0.25) is 5.91 Å². The molecule has 0 heterocycles. The van der Waals surface area contributed by atoms with Gasteiger partial charge in [-0.25, -0.2) is 0 Å². The molecule has 0 saturated heterocycles. The third-order valence-corrected chi connectivity index (χ3v) is 3.48. The maximum absolute atomic E-state index is 11.6. The number of carbonyl (C=O) groups excluding carboxylic acids is 1. The summed E-state index contributed by atoms with van der Waals surface area (Å²) in [6, 6.07) is -0.790. The Labute approximate surface area is 134 Å². The zero-order valence-electron chi connectivity index (χ0n) is 13.9. The van der Waals surface area contributed by atoms with Crippen LogP contribution in [0.2, 0.25) is 0 Å². The largest absolute Gasteiger partial charge is 0.480 e. The lowest BCUT2D eigenvalue weighted by Crippen LogP contribution is -2.30. The van der Waals surface area contributed by atoms with Gasteiger partial charge in [-0.15, -0.1) is 0 Å². The van der Waals surface area contributed by atoms with Crippen molar-refractivity contribution in [3.63, 3.8) is 0 Å². The predicted octanol–water partition coefficient (Wildman–Crippen LogP) is 2.99. The molecule has 0 fully saturated rings. The fourth-order valence-electron chi connectivity index (χ4n) is 2.06. The fraction of sp³-hybridized carbons (Fsp3) is 0.765. The summed E-state index contributed by atoms with van der Waals surface area (Å²) in [6.07, 6.45) is 13.6. The van der Waals surface area contributed by atoms with Crippen LogP contribution in [-0.4, -0.2) is 29.6 Å². The zero-order chi connectivity index (χ0) is 16.6. The highest BCUT2D eigenvalue weighted by molar-refractivity contribution is 5.75. The number of aliphatic carboxylic acids is 1. The first-order valence-electron chi connectivity index (χ1n) is 8.48. The third-order valence-electron chi connectivity index (χ3n) is 3.48. The summed E-state index contributed by atoms with van der Waals surface area (Å²) in [5.74, 6) is -0.877. The minimum atomic E-state index is -0.964. The lowest BCUT2D eigenvalue weighted by atomic mass is 10.1. The highest BCUT2D eigenvalue weighted by Gasteiger charge is 2.10. The Hall–Kier alpha value is -1.36. The van der Waals surface area contributed by atoms with Crippen LogP contribution in [0.3, 0.4) is 0 Å². The molecule has 5 nitrogen and oxygen atoms in total. The Morgan fingerprint density at radius 3 is 2.50 bits per heavy atom. The molecular weight excluding hydrogens is 280 g/mol. The number of hydrogen-bond donors (Lipinski definition) is 3. The number of carbonyl (C=O) groups is 2. The molecule has 0 aliphatic rings. The van der Waals surface area contributed by atoms with Gasteiger partial charge < -0.3 is 16.2 Å². The maximum atomic E-state index is 11.6. The third kappa shape index (κ3) is 13.6. The number of amides is 1. The highest BCUT2D eigenvalue weighted by Crippen LogP contribution is 2.05. The van der Waals surface area contributed by atoms with Crippen molar-refractivity contribution in [2.75, 3.05) is 6.54 Å².